The molecule has 0 amide bonds. The van der Waals surface area contributed by atoms with E-state index >= 15 is 0 Å². The monoisotopic (exact) mass is 492 g/mol. The Labute approximate surface area is 218 Å². The number of allylic oxidation sites excluding steroid dienone is 2. The molecule has 0 heterocycles. The van der Waals surface area contributed by atoms with Crippen molar-refractivity contribution in [1.29, 1.82) is 0 Å². The lowest BCUT2D eigenvalue weighted by Gasteiger charge is -2.37. The van der Waals surface area contributed by atoms with E-state index in [-0.39, 0.29) is 23.8 Å². The van der Waals surface area contributed by atoms with Gasteiger partial charge in [-0.1, -0.05) is 115 Å². The average molecular weight is 493 g/mol. The van der Waals surface area contributed by atoms with Crippen LogP contribution in [-0.4, -0.2) is 26.2 Å². The number of methoxy groups -OCH3 is 2. The van der Waals surface area contributed by atoms with Crippen molar-refractivity contribution in [3.8, 4) is 0 Å². The van der Waals surface area contributed by atoms with Crippen LogP contribution in [0.2, 0.25) is 0 Å². The number of carbonyl (C=O) groups excluding carboxylic acids is 2. The van der Waals surface area contributed by atoms with Crippen LogP contribution in [0.5, 0.6) is 0 Å². The lowest BCUT2D eigenvalue weighted by Crippen LogP contribution is -2.35. The Balaban J connectivity index is 1.84. The molecule has 4 nitrogen and oxygen atoms in total. The number of esters is 2. The smallest absolute Gasteiger partial charge is 0.313 e. The predicted octanol–water partition coefficient (Wildman–Crippen LogP) is 6.81. The van der Waals surface area contributed by atoms with Crippen LogP contribution in [0.15, 0.2) is 103 Å². The summed E-state index contributed by atoms with van der Waals surface area (Å²) in [4.78, 5) is 26.5. The van der Waals surface area contributed by atoms with Gasteiger partial charge in [0.05, 0.1) is 26.1 Å². The molecular weight excluding hydrogens is 460 g/mol. The summed E-state index contributed by atoms with van der Waals surface area (Å²) < 4.78 is 10.6. The Kier molecular flexibility index (Phi) is 8.52. The van der Waals surface area contributed by atoms with Gasteiger partial charge < -0.3 is 9.47 Å². The first-order chi connectivity index (χ1) is 18.0. The molecule has 0 fully saturated rings. The van der Waals surface area contributed by atoms with Gasteiger partial charge >= 0.3 is 11.9 Å². The largest absolute Gasteiger partial charge is 0.469 e. The Morgan fingerprint density at radius 2 is 1.19 bits per heavy atom. The van der Waals surface area contributed by atoms with Gasteiger partial charge in [-0.05, 0) is 34.8 Å². The fraction of sp³-hybridized carbons (Fsp3) is 0.212. The number of hydrogen-bond donors (Lipinski definition) is 0. The molecule has 188 valence electrons. The van der Waals surface area contributed by atoms with E-state index in [4.69, 9.17) is 9.47 Å². The molecule has 3 aromatic rings. The summed E-state index contributed by atoms with van der Waals surface area (Å²) in [7, 11) is 2.81. The van der Waals surface area contributed by atoms with Gasteiger partial charge in [-0.15, -0.1) is 0 Å². The minimum atomic E-state index is -0.613. The van der Waals surface area contributed by atoms with E-state index in [9.17, 15) is 9.59 Å². The van der Waals surface area contributed by atoms with Crippen molar-refractivity contribution < 1.29 is 19.1 Å². The molecule has 0 unspecified atom stereocenters. The van der Waals surface area contributed by atoms with Gasteiger partial charge in [0.1, 0.15) is 0 Å². The molecule has 4 rings (SSSR count). The highest BCUT2D eigenvalue weighted by atomic mass is 16.5. The van der Waals surface area contributed by atoms with E-state index in [1.165, 1.54) is 14.2 Å². The van der Waals surface area contributed by atoms with E-state index in [1.807, 2.05) is 110 Å². The molecule has 37 heavy (non-hydrogen) atoms. The fourth-order valence-electron chi connectivity index (χ4n) is 5.14. The lowest BCUT2D eigenvalue weighted by molar-refractivity contribution is -0.148. The minimum Gasteiger partial charge on any atom is -0.469 e. The van der Waals surface area contributed by atoms with E-state index in [0.717, 1.165) is 27.8 Å². The molecule has 0 spiro atoms. The van der Waals surface area contributed by atoms with Crippen molar-refractivity contribution in [2.75, 3.05) is 14.2 Å². The summed E-state index contributed by atoms with van der Waals surface area (Å²) in [6.45, 7) is 2.05. The number of fused-ring (bicyclic) bond motifs is 1. The van der Waals surface area contributed by atoms with E-state index in [0.29, 0.717) is 0 Å². The SMILES string of the molecule is COC(=O)[C@@H](/C=C/c1ccccc1)[C@H]1C=C(C)c2ccccc2[C@@H]1[C@H](/C=C/c1ccccc1)C(=O)OC. The minimum absolute atomic E-state index is 0.327. The zero-order chi connectivity index (χ0) is 26.2. The van der Waals surface area contributed by atoms with Crippen LogP contribution < -0.4 is 0 Å². The zero-order valence-electron chi connectivity index (χ0n) is 21.4. The van der Waals surface area contributed by atoms with Gasteiger partial charge in [-0.2, -0.15) is 0 Å². The molecule has 0 bridgehead atoms. The topological polar surface area (TPSA) is 52.6 Å². The molecule has 0 N–H and O–H groups in total. The number of ether oxygens (including phenoxy) is 2. The lowest BCUT2D eigenvalue weighted by atomic mass is 9.66. The van der Waals surface area contributed by atoms with Crippen molar-refractivity contribution in [2.45, 2.75) is 12.8 Å². The third-order valence-electron chi connectivity index (χ3n) is 6.94. The second kappa shape index (κ2) is 12.2. The number of hydrogen-bond acceptors (Lipinski definition) is 4. The normalized spacial score (nSPS) is 18.6. The Morgan fingerprint density at radius 3 is 1.76 bits per heavy atom. The van der Waals surface area contributed by atoms with Gasteiger partial charge in [-0.3, -0.25) is 9.59 Å². The second-order valence-corrected chi connectivity index (χ2v) is 9.18. The van der Waals surface area contributed by atoms with Crippen LogP contribution in [0.1, 0.15) is 35.1 Å². The molecule has 1 aliphatic rings. The molecule has 0 saturated carbocycles. The highest BCUT2D eigenvalue weighted by Crippen LogP contribution is 2.47. The molecule has 4 heteroatoms. The van der Waals surface area contributed by atoms with Gasteiger partial charge in [0.15, 0.2) is 0 Å². The van der Waals surface area contributed by atoms with Crippen LogP contribution in [0, 0.1) is 17.8 Å². The molecule has 1 aliphatic carbocycles. The van der Waals surface area contributed by atoms with Gasteiger partial charge in [0, 0.05) is 11.8 Å². The molecular formula is C33H32O4. The maximum atomic E-state index is 13.3. The average Bonchev–Trinajstić information content (AvgIpc) is 2.95. The summed E-state index contributed by atoms with van der Waals surface area (Å²) >= 11 is 0. The highest BCUT2D eigenvalue weighted by Gasteiger charge is 2.42. The first-order valence-corrected chi connectivity index (χ1v) is 12.4. The number of rotatable bonds is 8. The van der Waals surface area contributed by atoms with Gasteiger partial charge in [0.25, 0.3) is 0 Å². The molecule has 0 aliphatic heterocycles. The van der Waals surface area contributed by atoms with E-state index in [1.54, 1.807) is 0 Å². The van der Waals surface area contributed by atoms with Crippen molar-refractivity contribution >= 4 is 29.7 Å². The maximum absolute atomic E-state index is 13.3. The van der Waals surface area contributed by atoms with Crippen LogP contribution >= 0.6 is 0 Å². The third kappa shape index (κ3) is 5.97. The van der Waals surface area contributed by atoms with Crippen LogP contribution in [0.3, 0.4) is 0 Å². The zero-order valence-corrected chi connectivity index (χ0v) is 21.4. The third-order valence-corrected chi connectivity index (χ3v) is 6.94. The first kappa shape index (κ1) is 25.9. The quantitative estimate of drug-likeness (QED) is 0.324. The highest BCUT2D eigenvalue weighted by molar-refractivity contribution is 5.82. The predicted molar refractivity (Wildman–Crippen MR) is 148 cm³/mol. The van der Waals surface area contributed by atoms with Gasteiger partial charge in [-0.25, -0.2) is 0 Å². The van der Waals surface area contributed by atoms with Gasteiger partial charge in [0.2, 0.25) is 0 Å². The summed E-state index contributed by atoms with van der Waals surface area (Å²) in [6.07, 6.45) is 9.79. The summed E-state index contributed by atoms with van der Waals surface area (Å²) in [5.74, 6) is -2.57. The summed E-state index contributed by atoms with van der Waals surface area (Å²) in [5, 5.41) is 0. The molecule has 0 aromatic heterocycles. The van der Waals surface area contributed by atoms with Crippen molar-refractivity contribution in [3.05, 3.63) is 125 Å². The van der Waals surface area contributed by atoms with Crippen molar-refractivity contribution in [1.82, 2.24) is 0 Å². The number of benzene rings is 3. The number of carbonyl (C=O) groups is 2. The summed E-state index contributed by atoms with van der Waals surface area (Å²) in [6, 6.07) is 27.8. The van der Waals surface area contributed by atoms with E-state index < -0.39 is 11.8 Å². The van der Waals surface area contributed by atoms with Crippen LogP contribution in [0.25, 0.3) is 17.7 Å². The fourth-order valence-corrected chi connectivity index (χ4v) is 5.14. The second-order valence-electron chi connectivity index (χ2n) is 9.18. The van der Waals surface area contributed by atoms with Crippen LogP contribution in [0.4, 0.5) is 0 Å². The maximum Gasteiger partial charge on any atom is 0.313 e. The molecule has 4 atom stereocenters. The molecule has 0 radical (unpaired) electrons. The first-order valence-electron chi connectivity index (χ1n) is 12.4. The standard InChI is InChI=1S/C33H32O4/c1-23-22-30(28(32(34)36-2)20-18-24-12-6-4-7-13-24)31(27-17-11-10-16-26(23)27)29(33(35)37-3)21-19-25-14-8-5-9-15-25/h4-22,28-31H,1-3H3/b20-18+,21-19+/t28-,29-,30+,31+/m0/s1. The Morgan fingerprint density at radius 1 is 0.703 bits per heavy atom. The molecule has 3 aromatic carbocycles. The Bertz CT molecular complexity index is 1300. The van der Waals surface area contributed by atoms with Crippen LogP contribution in [-0.2, 0) is 19.1 Å². The Hall–Kier alpha value is -4.18. The summed E-state index contributed by atoms with van der Waals surface area (Å²) in [5.41, 5.74) is 5.12. The van der Waals surface area contributed by atoms with E-state index in [2.05, 4.69) is 12.1 Å². The van der Waals surface area contributed by atoms with Crippen molar-refractivity contribution in [2.24, 2.45) is 17.8 Å². The van der Waals surface area contributed by atoms with Crippen molar-refractivity contribution in [3.63, 3.8) is 0 Å². The molecule has 0 saturated heterocycles.